The van der Waals surface area contributed by atoms with E-state index in [2.05, 4.69) is 17.6 Å². The minimum atomic E-state index is -0.234. The van der Waals surface area contributed by atoms with Gasteiger partial charge in [0, 0.05) is 11.7 Å². The van der Waals surface area contributed by atoms with Gasteiger partial charge in [0.25, 0.3) is 0 Å². The highest BCUT2D eigenvalue weighted by atomic mass is 32.2. The zero-order valence-electron chi connectivity index (χ0n) is 15.2. The molecule has 2 atom stereocenters. The fourth-order valence-electron chi connectivity index (χ4n) is 2.24. The number of benzene rings is 1. The second kappa shape index (κ2) is 11.1. The van der Waals surface area contributed by atoms with Crippen LogP contribution in [0.15, 0.2) is 24.3 Å². The number of aryl methyl sites for hydroxylation is 1. The Bertz CT molecular complexity index is 517. The number of unbranched alkanes of at least 4 members (excludes halogenated alkanes) is 2. The Morgan fingerprint density at radius 1 is 1.12 bits per heavy atom. The van der Waals surface area contributed by atoms with Gasteiger partial charge in [-0.1, -0.05) is 43.9 Å². The first-order valence-electron chi connectivity index (χ1n) is 8.70. The second-order valence-corrected chi connectivity index (χ2v) is 7.60. The van der Waals surface area contributed by atoms with Crippen LogP contribution in [0.25, 0.3) is 0 Å². The number of anilines is 1. The van der Waals surface area contributed by atoms with E-state index in [-0.39, 0.29) is 28.9 Å². The summed E-state index contributed by atoms with van der Waals surface area (Å²) in [6, 6.07) is 7.86. The standard InChI is InChI=1S/C19H30N2O2S/c1-5-6-7-8-15(3)20-19(23)16(4)24-13-18(22)21-17-11-9-14(2)10-12-17/h9-12,15-16H,5-8,13H2,1-4H3,(H,20,23)(H,21,22). The Hall–Kier alpha value is -1.49. The smallest absolute Gasteiger partial charge is 0.234 e. The van der Waals surface area contributed by atoms with Crippen molar-refractivity contribution in [2.24, 2.45) is 0 Å². The van der Waals surface area contributed by atoms with Crippen LogP contribution in [0.2, 0.25) is 0 Å². The summed E-state index contributed by atoms with van der Waals surface area (Å²) in [4.78, 5) is 24.1. The fraction of sp³-hybridized carbons (Fsp3) is 0.579. The van der Waals surface area contributed by atoms with Crippen molar-refractivity contribution >= 4 is 29.3 Å². The molecular weight excluding hydrogens is 320 g/mol. The molecule has 0 heterocycles. The summed E-state index contributed by atoms with van der Waals surface area (Å²) in [5.74, 6) is 0.193. The number of hydrogen-bond acceptors (Lipinski definition) is 3. The van der Waals surface area contributed by atoms with Crippen LogP contribution in [0.5, 0.6) is 0 Å². The molecule has 24 heavy (non-hydrogen) atoms. The molecule has 0 aliphatic rings. The molecule has 0 aliphatic carbocycles. The number of carbonyl (C=O) groups is 2. The van der Waals surface area contributed by atoms with Crippen molar-refractivity contribution in [1.29, 1.82) is 0 Å². The van der Waals surface area contributed by atoms with Crippen molar-refractivity contribution in [1.82, 2.24) is 5.32 Å². The highest BCUT2D eigenvalue weighted by Crippen LogP contribution is 2.14. The van der Waals surface area contributed by atoms with Crippen LogP contribution >= 0.6 is 11.8 Å². The largest absolute Gasteiger partial charge is 0.353 e. The average Bonchev–Trinajstić information content (AvgIpc) is 2.55. The van der Waals surface area contributed by atoms with Gasteiger partial charge in [-0.3, -0.25) is 9.59 Å². The first kappa shape index (κ1) is 20.6. The van der Waals surface area contributed by atoms with Gasteiger partial charge in [0.15, 0.2) is 0 Å². The molecule has 2 amide bonds. The second-order valence-electron chi connectivity index (χ2n) is 6.27. The normalized spacial score (nSPS) is 13.2. The molecule has 1 rings (SSSR count). The maximum absolute atomic E-state index is 12.1. The van der Waals surface area contributed by atoms with Crippen LogP contribution in [0.3, 0.4) is 0 Å². The van der Waals surface area contributed by atoms with Gasteiger partial charge < -0.3 is 10.6 Å². The van der Waals surface area contributed by atoms with Crippen LogP contribution in [0.1, 0.15) is 52.0 Å². The van der Waals surface area contributed by atoms with Gasteiger partial charge in [0.1, 0.15) is 0 Å². The molecule has 2 unspecified atom stereocenters. The summed E-state index contributed by atoms with van der Waals surface area (Å²) >= 11 is 1.36. The van der Waals surface area contributed by atoms with Gasteiger partial charge >= 0.3 is 0 Å². The zero-order valence-corrected chi connectivity index (χ0v) is 16.0. The molecule has 0 bridgehead atoms. The van der Waals surface area contributed by atoms with E-state index in [1.165, 1.54) is 24.6 Å². The Morgan fingerprint density at radius 2 is 1.79 bits per heavy atom. The number of nitrogens with one attached hydrogen (secondary N) is 2. The molecule has 0 saturated heterocycles. The third-order valence-corrected chi connectivity index (χ3v) is 4.94. The first-order valence-corrected chi connectivity index (χ1v) is 9.75. The lowest BCUT2D eigenvalue weighted by Gasteiger charge is -2.17. The molecule has 0 spiro atoms. The molecule has 1 aromatic carbocycles. The lowest BCUT2D eigenvalue weighted by atomic mass is 10.1. The van der Waals surface area contributed by atoms with Crippen molar-refractivity contribution < 1.29 is 9.59 Å². The van der Waals surface area contributed by atoms with E-state index in [1.807, 2.05) is 45.0 Å². The molecular formula is C19H30N2O2S. The predicted octanol–water partition coefficient (Wildman–Crippen LogP) is 4.14. The van der Waals surface area contributed by atoms with Crippen molar-refractivity contribution in [3.8, 4) is 0 Å². The highest BCUT2D eigenvalue weighted by Gasteiger charge is 2.17. The number of hydrogen-bond donors (Lipinski definition) is 2. The number of rotatable bonds is 10. The molecule has 134 valence electrons. The third kappa shape index (κ3) is 8.39. The average molecular weight is 351 g/mol. The molecule has 5 heteroatoms. The fourth-order valence-corrected chi connectivity index (χ4v) is 2.94. The number of carbonyl (C=O) groups excluding carboxylic acids is 2. The van der Waals surface area contributed by atoms with E-state index in [9.17, 15) is 9.59 Å². The van der Waals surface area contributed by atoms with Gasteiger partial charge in [-0.15, -0.1) is 11.8 Å². The summed E-state index contributed by atoms with van der Waals surface area (Å²) in [6.07, 6.45) is 4.52. The lowest BCUT2D eigenvalue weighted by molar-refractivity contribution is -0.120. The summed E-state index contributed by atoms with van der Waals surface area (Å²) in [7, 11) is 0. The Morgan fingerprint density at radius 3 is 2.42 bits per heavy atom. The van der Waals surface area contributed by atoms with Crippen molar-refractivity contribution in [2.45, 2.75) is 64.7 Å². The molecule has 0 fully saturated rings. The van der Waals surface area contributed by atoms with E-state index >= 15 is 0 Å². The molecule has 0 saturated carbocycles. The SMILES string of the molecule is CCCCCC(C)NC(=O)C(C)SCC(=O)Nc1ccc(C)cc1. The molecule has 4 nitrogen and oxygen atoms in total. The van der Waals surface area contributed by atoms with Gasteiger partial charge in [-0.25, -0.2) is 0 Å². The highest BCUT2D eigenvalue weighted by molar-refractivity contribution is 8.01. The van der Waals surface area contributed by atoms with Crippen LogP contribution in [0.4, 0.5) is 5.69 Å². The van der Waals surface area contributed by atoms with Crippen molar-refractivity contribution in [3.63, 3.8) is 0 Å². The Balaban J connectivity index is 2.28. The summed E-state index contributed by atoms with van der Waals surface area (Å²) in [6.45, 7) is 8.06. The van der Waals surface area contributed by atoms with E-state index < -0.39 is 0 Å². The summed E-state index contributed by atoms with van der Waals surface area (Å²) in [5, 5.41) is 5.64. The zero-order chi connectivity index (χ0) is 17.9. The number of amides is 2. The molecule has 0 aliphatic heterocycles. The maximum Gasteiger partial charge on any atom is 0.234 e. The Labute approximate surface area is 150 Å². The van der Waals surface area contributed by atoms with Crippen LogP contribution in [-0.2, 0) is 9.59 Å². The van der Waals surface area contributed by atoms with Crippen LogP contribution in [-0.4, -0.2) is 28.9 Å². The molecule has 2 N–H and O–H groups in total. The first-order chi connectivity index (χ1) is 11.4. The van der Waals surface area contributed by atoms with Gasteiger partial charge in [0.2, 0.25) is 11.8 Å². The van der Waals surface area contributed by atoms with Crippen molar-refractivity contribution in [3.05, 3.63) is 29.8 Å². The quantitative estimate of drug-likeness (QED) is 0.624. The minimum Gasteiger partial charge on any atom is -0.353 e. The van der Waals surface area contributed by atoms with E-state index in [4.69, 9.17) is 0 Å². The van der Waals surface area contributed by atoms with Crippen molar-refractivity contribution in [2.75, 3.05) is 11.1 Å². The maximum atomic E-state index is 12.1. The minimum absolute atomic E-state index is 0.00661. The van der Waals surface area contributed by atoms with E-state index in [0.717, 1.165) is 24.1 Å². The molecule has 0 aromatic heterocycles. The summed E-state index contributed by atoms with van der Waals surface area (Å²) in [5.41, 5.74) is 1.94. The van der Waals surface area contributed by atoms with Gasteiger partial charge in [0.05, 0.1) is 11.0 Å². The third-order valence-electron chi connectivity index (χ3n) is 3.80. The van der Waals surface area contributed by atoms with Gasteiger partial charge in [-0.05, 0) is 39.3 Å². The van der Waals surface area contributed by atoms with Gasteiger partial charge in [-0.2, -0.15) is 0 Å². The molecule has 1 aromatic rings. The monoisotopic (exact) mass is 350 g/mol. The predicted molar refractivity (Wildman–Crippen MR) is 103 cm³/mol. The van der Waals surface area contributed by atoms with E-state index in [0.29, 0.717) is 0 Å². The van der Waals surface area contributed by atoms with E-state index in [1.54, 1.807) is 0 Å². The lowest BCUT2D eigenvalue weighted by Crippen LogP contribution is -2.38. The van der Waals surface area contributed by atoms with Crippen LogP contribution in [0, 0.1) is 6.92 Å². The summed E-state index contributed by atoms with van der Waals surface area (Å²) < 4.78 is 0. The number of thioether (sulfide) groups is 1. The van der Waals surface area contributed by atoms with Crippen LogP contribution < -0.4 is 10.6 Å². The topological polar surface area (TPSA) is 58.2 Å². The Kier molecular flexibility index (Phi) is 9.53. The molecule has 0 radical (unpaired) electrons.